The SMILES string of the molecule is CC[Te]CC.C[Te]C. The molecule has 0 fully saturated rings. The molecule has 0 unspecified atom stereocenters. The zero-order valence-corrected chi connectivity index (χ0v) is 10.9. The van der Waals surface area contributed by atoms with Crippen LogP contribution in [0.25, 0.3) is 0 Å². The molecule has 0 saturated carbocycles. The van der Waals surface area contributed by atoms with Crippen molar-refractivity contribution in [1.82, 2.24) is 0 Å². The van der Waals surface area contributed by atoms with Gasteiger partial charge in [0, 0.05) is 0 Å². The molecular weight excluding hydrogens is 327 g/mol. The third kappa shape index (κ3) is 25.6. The van der Waals surface area contributed by atoms with Crippen LogP contribution >= 0.6 is 0 Å². The Kier molecular flexibility index (Phi) is 24.3. The van der Waals surface area contributed by atoms with Crippen molar-refractivity contribution in [3.8, 4) is 0 Å². The van der Waals surface area contributed by atoms with Gasteiger partial charge in [0.05, 0.1) is 0 Å². The summed E-state index contributed by atoms with van der Waals surface area (Å²) in [5.41, 5.74) is 0. The Bertz CT molecular complexity index is 20.5. The maximum absolute atomic E-state index is 2.27. The molecule has 0 bridgehead atoms. The molecule has 0 nitrogen and oxygen atoms in total. The van der Waals surface area contributed by atoms with Gasteiger partial charge in [0.2, 0.25) is 0 Å². The zero-order chi connectivity index (χ0) is 6.83. The molecule has 0 amide bonds. The molecule has 0 atom stereocenters. The molecule has 0 saturated heterocycles. The summed E-state index contributed by atoms with van der Waals surface area (Å²) in [7, 11) is 0. The first-order chi connectivity index (χ1) is 3.83. The van der Waals surface area contributed by atoms with Gasteiger partial charge in [-0.3, -0.25) is 0 Å². The average molecular weight is 343 g/mol. The second kappa shape index (κ2) is 15.8. The molecule has 0 aromatic rings. The van der Waals surface area contributed by atoms with Crippen molar-refractivity contribution in [2.75, 3.05) is 0 Å². The second-order valence-corrected chi connectivity index (χ2v) is 7.98. The van der Waals surface area contributed by atoms with E-state index in [4.69, 9.17) is 0 Å². The molecule has 8 heavy (non-hydrogen) atoms. The van der Waals surface area contributed by atoms with Gasteiger partial charge in [-0.2, -0.15) is 0 Å². The van der Waals surface area contributed by atoms with Gasteiger partial charge in [-0.25, -0.2) is 0 Å². The van der Waals surface area contributed by atoms with Crippen molar-refractivity contribution in [1.29, 1.82) is 0 Å². The van der Waals surface area contributed by atoms with E-state index in [2.05, 4.69) is 23.8 Å². The van der Waals surface area contributed by atoms with Crippen LogP contribution < -0.4 is 0 Å². The first-order valence-electron chi connectivity index (χ1n) is 2.81. The Hall–Kier alpha value is 1.58. The first-order valence-corrected chi connectivity index (χ1v) is 10.8. The minimum absolute atomic E-state index is 0.470. The molecule has 0 rings (SSSR count). The molecule has 0 N–H and O–H groups in total. The summed E-state index contributed by atoms with van der Waals surface area (Å²) in [6.45, 7) is 4.54. The summed E-state index contributed by atoms with van der Waals surface area (Å²) in [5.74, 6) is 0. The Morgan fingerprint density at radius 1 is 1.00 bits per heavy atom. The summed E-state index contributed by atoms with van der Waals surface area (Å²) in [6.07, 6.45) is 0. The monoisotopic (exact) mass is 348 g/mol. The van der Waals surface area contributed by atoms with Crippen molar-refractivity contribution < 1.29 is 0 Å². The first kappa shape index (κ1) is 12.3. The molecule has 2 heteroatoms. The van der Waals surface area contributed by atoms with Crippen LogP contribution in [0.4, 0.5) is 0 Å². The molecule has 0 heterocycles. The quantitative estimate of drug-likeness (QED) is 0.676. The van der Waals surface area contributed by atoms with Crippen molar-refractivity contribution in [3.63, 3.8) is 0 Å². The Morgan fingerprint density at radius 2 is 1.25 bits per heavy atom. The summed E-state index contributed by atoms with van der Waals surface area (Å²) in [4.78, 5) is 4.51. The third-order valence-electron chi connectivity index (χ3n) is 0.408. The van der Waals surface area contributed by atoms with Gasteiger partial charge in [-0.15, -0.1) is 0 Å². The Labute approximate surface area is 74.0 Å². The third-order valence-corrected chi connectivity index (χ3v) is 2.74. The van der Waals surface area contributed by atoms with Crippen LogP contribution in [0.1, 0.15) is 13.8 Å². The molecule has 0 radical (unpaired) electrons. The van der Waals surface area contributed by atoms with Crippen LogP contribution in [0.5, 0.6) is 0 Å². The standard InChI is InChI=1S/C4H10Te.C2H6Te/c1-3-5-4-2;1-3-2/h3-4H2,1-2H3;1-2H3. The fourth-order valence-electron chi connectivity index (χ4n) is 0.204. The van der Waals surface area contributed by atoms with Crippen LogP contribution in [-0.2, 0) is 0 Å². The summed E-state index contributed by atoms with van der Waals surface area (Å²) < 4.78 is 2.95. The predicted molar refractivity (Wildman–Crippen MR) is 44.2 cm³/mol. The van der Waals surface area contributed by atoms with Gasteiger partial charge >= 0.3 is 74.6 Å². The van der Waals surface area contributed by atoms with E-state index in [-0.39, 0.29) is 0 Å². The van der Waals surface area contributed by atoms with Crippen LogP contribution in [0, 0.1) is 0 Å². The molecule has 0 aromatic heterocycles. The van der Waals surface area contributed by atoms with Crippen molar-refractivity contribution in [2.24, 2.45) is 0 Å². The zero-order valence-electron chi connectivity index (χ0n) is 6.23. The Morgan fingerprint density at radius 3 is 1.25 bits per heavy atom. The molecule has 0 aliphatic heterocycles. The van der Waals surface area contributed by atoms with Gasteiger partial charge in [-0.05, 0) is 0 Å². The molecule has 0 aliphatic carbocycles. The van der Waals surface area contributed by atoms with E-state index in [1.165, 1.54) is 8.94 Å². The minimum atomic E-state index is 0.470. The van der Waals surface area contributed by atoms with E-state index in [1.54, 1.807) is 0 Å². The van der Waals surface area contributed by atoms with Crippen LogP contribution in [0.2, 0.25) is 18.9 Å². The Balaban J connectivity index is 0. The topological polar surface area (TPSA) is 0 Å². The van der Waals surface area contributed by atoms with E-state index in [9.17, 15) is 0 Å². The fourth-order valence-corrected chi connectivity index (χ4v) is 1.37. The van der Waals surface area contributed by atoms with E-state index < -0.39 is 0 Å². The predicted octanol–water partition coefficient (Wildman–Crippen LogP) is 2.35. The fraction of sp³-hybridized carbons (Fsp3) is 1.00. The van der Waals surface area contributed by atoms with Gasteiger partial charge in [0.25, 0.3) is 0 Å². The molecule has 52 valence electrons. The van der Waals surface area contributed by atoms with Gasteiger partial charge in [-0.1, -0.05) is 0 Å². The van der Waals surface area contributed by atoms with E-state index in [1.807, 2.05) is 0 Å². The molecular formula is C6H16Te2. The second-order valence-electron chi connectivity index (χ2n) is 1.19. The number of rotatable bonds is 2. The van der Waals surface area contributed by atoms with Gasteiger partial charge in [0.1, 0.15) is 0 Å². The molecule has 0 aromatic carbocycles. The van der Waals surface area contributed by atoms with Crippen molar-refractivity contribution in [2.45, 2.75) is 32.7 Å². The summed E-state index contributed by atoms with van der Waals surface area (Å²) in [6, 6.07) is 0. The maximum atomic E-state index is 2.27. The summed E-state index contributed by atoms with van der Waals surface area (Å²) in [5, 5.41) is 0. The number of hydrogen-bond acceptors (Lipinski definition) is 0. The van der Waals surface area contributed by atoms with Crippen LogP contribution in [-0.4, -0.2) is 41.8 Å². The van der Waals surface area contributed by atoms with Gasteiger partial charge < -0.3 is 0 Å². The summed E-state index contributed by atoms with van der Waals surface area (Å²) >= 11 is 0.963. The van der Waals surface area contributed by atoms with E-state index >= 15 is 0 Å². The van der Waals surface area contributed by atoms with Crippen molar-refractivity contribution in [3.05, 3.63) is 0 Å². The van der Waals surface area contributed by atoms with E-state index in [0.29, 0.717) is 41.8 Å². The number of hydrogen-bond donors (Lipinski definition) is 0. The van der Waals surface area contributed by atoms with Gasteiger partial charge in [0.15, 0.2) is 0 Å². The van der Waals surface area contributed by atoms with Crippen LogP contribution in [0.3, 0.4) is 0 Å². The van der Waals surface area contributed by atoms with E-state index in [0.717, 1.165) is 0 Å². The van der Waals surface area contributed by atoms with Crippen LogP contribution in [0.15, 0.2) is 0 Å². The van der Waals surface area contributed by atoms with Crippen molar-refractivity contribution >= 4 is 41.8 Å². The normalized spacial score (nSPS) is 7.50. The molecule has 0 spiro atoms. The average Bonchev–Trinajstić information content (AvgIpc) is 1.71. The molecule has 0 aliphatic rings.